The van der Waals surface area contributed by atoms with E-state index in [2.05, 4.69) is 54.4 Å². The average molecular weight is 320 g/mol. The molecule has 0 radical (unpaired) electrons. The van der Waals surface area contributed by atoms with Crippen LogP contribution in [0.1, 0.15) is 35.6 Å². The lowest BCUT2D eigenvalue weighted by molar-refractivity contribution is -0.119. The molecule has 124 valence electrons. The van der Waals surface area contributed by atoms with E-state index in [0.29, 0.717) is 12.6 Å². The van der Waals surface area contributed by atoms with E-state index in [0.717, 1.165) is 31.5 Å². The van der Waals surface area contributed by atoms with E-state index in [1.807, 2.05) is 11.0 Å². The lowest BCUT2D eigenvalue weighted by atomic mass is 9.87. The lowest BCUT2D eigenvalue weighted by Crippen LogP contribution is -2.40. The van der Waals surface area contributed by atoms with Crippen LogP contribution in [-0.2, 0) is 17.6 Å². The van der Waals surface area contributed by atoms with Crippen molar-refractivity contribution in [2.75, 3.05) is 25.0 Å². The number of likely N-dealkylation sites (N-methyl/N-ethyl adjacent to an activating group) is 1. The van der Waals surface area contributed by atoms with E-state index in [-0.39, 0.29) is 5.91 Å². The highest BCUT2D eigenvalue weighted by Gasteiger charge is 2.28. The molecule has 1 amide bonds. The molecule has 0 saturated heterocycles. The van der Waals surface area contributed by atoms with Gasteiger partial charge in [-0.2, -0.15) is 0 Å². The number of hydrogen-bond donors (Lipinski definition) is 0. The standard InChI is InChI=1S/C21H24N2O/c1-22(20-12-6-9-16-7-2-4-10-18(16)20)15-21(24)23-14-13-17-8-3-5-11-19(17)23/h2-5,7-8,10-11,20H,6,9,12-15H2,1H3/t20-/m0/s1. The van der Waals surface area contributed by atoms with Gasteiger partial charge in [0, 0.05) is 18.3 Å². The van der Waals surface area contributed by atoms with Gasteiger partial charge in [-0.15, -0.1) is 0 Å². The Balaban J connectivity index is 1.49. The Morgan fingerprint density at radius 2 is 1.83 bits per heavy atom. The first-order chi connectivity index (χ1) is 11.7. The first-order valence-corrected chi connectivity index (χ1v) is 8.90. The predicted octanol–water partition coefficient (Wildman–Crippen LogP) is 3.59. The van der Waals surface area contributed by atoms with Gasteiger partial charge in [0.25, 0.3) is 0 Å². The van der Waals surface area contributed by atoms with E-state index in [1.54, 1.807) is 0 Å². The first-order valence-electron chi connectivity index (χ1n) is 8.90. The van der Waals surface area contributed by atoms with Gasteiger partial charge >= 0.3 is 0 Å². The molecule has 3 heteroatoms. The van der Waals surface area contributed by atoms with Gasteiger partial charge in [-0.1, -0.05) is 42.5 Å². The van der Waals surface area contributed by atoms with E-state index in [9.17, 15) is 4.79 Å². The Kier molecular flexibility index (Phi) is 4.11. The van der Waals surface area contributed by atoms with Crippen molar-refractivity contribution in [3.63, 3.8) is 0 Å². The van der Waals surface area contributed by atoms with Crippen LogP contribution in [0.3, 0.4) is 0 Å². The van der Waals surface area contributed by atoms with Crippen LogP contribution in [0.25, 0.3) is 0 Å². The zero-order valence-corrected chi connectivity index (χ0v) is 14.2. The molecule has 24 heavy (non-hydrogen) atoms. The highest BCUT2D eigenvalue weighted by Crippen LogP contribution is 2.34. The normalized spacial score (nSPS) is 19.2. The fourth-order valence-corrected chi connectivity index (χ4v) is 4.19. The maximum absolute atomic E-state index is 12.9. The highest BCUT2D eigenvalue weighted by atomic mass is 16.2. The second kappa shape index (κ2) is 6.40. The number of benzene rings is 2. The van der Waals surface area contributed by atoms with Crippen LogP contribution in [0.2, 0.25) is 0 Å². The molecule has 2 aromatic carbocycles. The molecular formula is C21H24N2O. The van der Waals surface area contributed by atoms with Crippen LogP contribution >= 0.6 is 0 Å². The zero-order chi connectivity index (χ0) is 16.5. The molecule has 1 aliphatic heterocycles. The number of fused-ring (bicyclic) bond motifs is 2. The largest absolute Gasteiger partial charge is 0.311 e. The van der Waals surface area contributed by atoms with Crippen molar-refractivity contribution in [1.29, 1.82) is 0 Å². The number of carbonyl (C=O) groups excluding carboxylic acids is 1. The summed E-state index contributed by atoms with van der Waals surface area (Å²) in [6.45, 7) is 1.29. The second-order valence-electron chi connectivity index (χ2n) is 6.95. The highest BCUT2D eigenvalue weighted by molar-refractivity contribution is 5.96. The number of hydrogen-bond acceptors (Lipinski definition) is 2. The molecule has 2 aliphatic rings. The maximum Gasteiger partial charge on any atom is 0.241 e. The minimum atomic E-state index is 0.213. The SMILES string of the molecule is CN(CC(=O)N1CCc2ccccc21)[C@H]1CCCc2ccccc21. The molecule has 1 atom stereocenters. The summed E-state index contributed by atoms with van der Waals surface area (Å²) in [5, 5.41) is 0. The van der Waals surface area contributed by atoms with Crippen molar-refractivity contribution < 1.29 is 4.79 Å². The molecule has 1 heterocycles. The van der Waals surface area contributed by atoms with Crippen molar-refractivity contribution >= 4 is 11.6 Å². The van der Waals surface area contributed by atoms with Crippen molar-refractivity contribution in [2.45, 2.75) is 31.7 Å². The summed E-state index contributed by atoms with van der Waals surface area (Å²) in [5.41, 5.74) is 5.23. The summed E-state index contributed by atoms with van der Waals surface area (Å²) in [7, 11) is 2.09. The molecule has 2 aromatic rings. The quantitative estimate of drug-likeness (QED) is 0.863. The van der Waals surface area contributed by atoms with Crippen LogP contribution in [0, 0.1) is 0 Å². The van der Waals surface area contributed by atoms with Gasteiger partial charge in [0.05, 0.1) is 6.54 Å². The number of para-hydroxylation sites is 1. The minimum Gasteiger partial charge on any atom is -0.311 e. The number of rotatable bonds is 3. The van der Waals surface area contributed by atoms with Crippen LogP contribution in [-0.4, -0.2) is 30.9 Å². The Labute approximate surface area is 143 Å². The van der Waals surface area contributed by atoms with Crippen LogP contribution in [0.5, 0.6) is 0 Å². The van der Waals surface area contributed by atoms with Gasteiger partial charge in [0.1, 0.15) is 0 Å². The zero-order valence-electron chi connectivity index (χ0n) is 14.2. The molecule has 0 aromatic heterocycles. The number of amides is 1. The third-order valence-electron chi connectivity index (χ3n) is 5.44. The summed E-state index contributed by atoms with van der Waals surface area (Å²) in [6.07, 6.45) is 4.47. The smallest absolute Gasteiger partial charge is 0.241 e. The molecule has 3 nitrogen and oxygen atoms in total. The molecule has 0 bridgehead atoms. The summed E-state index contributed by atoms with van der Waals surface area (Å²) in [5.74, 6) is 0.213. The Bertz CT molecular complexity index is 755. The fraction of sp³-hybridized carbons (Fsp3) is 0.381. The number of aryl methyl sites for hydroxylation is 1. The predicted molar refractivity (Wildman–Crippen MR) is 97.3 cm³/mol. The third-order valence-corrected chi connectivity index (χ3v) is 5.44. The van der Waals surface area contributed by atoms with Gasteiger partial charge in [0.15, 0.2) is 0 Å². The lowest BCUT2D eigenvalue weighted by Gasteiger charge is -2.33. The second-order valence-corrected chi connectivity index (χ2v) is 6.95. The van der Waals surface area contributed by atoms with Crippen molar-refractivity contribution in [2.24, 2.45) is 0 Å². The molecule has 0 unspecified atom stereocenters. The number of anilines is 1. The first kappa shape index (κ1) is 15.4. The van der Waals surface area contributed by atoms with E-state index < -0.39 is 0 Å². The van der Waals surface area contributed by atoms with Crippen LogP contribution in [0.4, 0.5) is 5.69 Å². The van der Waals surface area contributed by atoms with Crippen molar-refractivity contribution in [3.8, 4) is 0 Å². The third kappa shape index (κ3) is 2.73. The fourth-order valence-electron chi connectivity index (χ4n) is 4.19. The summed E-state index contributed by atoms with van der Waals surface area (Å²) in [6, 6.07) is 17.3. The van der Waals surface area contributed by atoms with Crippen molar-refractivity contribution in [1.82, 2.24) is 4.90 Å². The van der Waals surface area contributed by atoms with Gasteiger partial charge in [0.2, 0.25) is 5.91 Å². The molecule has 0 saturated carbocycles. The van der Waals surface area contributed by atoms with Gasteiger partial charge in [-0.3, -0.25) is 9.69 Å². The monoisotopic (exact) mass is 320 g/mol. The Hall–Kier alpha value is -2.13. The molecule has 0 N–H and O–H groups in total. The molecule has 0 fully saturated rings. The maximum atomic E-state index is 12.9. The van der Waals surface area contributed by atoms with Gasteiger partial charge < -0.3 is 4.90 Å². The van der Waals surface area contributed by atoms with Gasteiger partial charge in [-0.25, -0.2) is 0 Å². The van der Waals surface area contributed by atoms with E-state index in [1.165, 1.54) is 23.1 Å². The van der Waals surface area contributed by atoms with Gasteiger partial charge in [-0.05, 0) is 55.5 Å². The van der Waals surface area contributed by atoms with Crippen molar-refractivity contribution in [3.05, 3.63) is 65.2 Å². The summed E-state index contributed by atoms with van der Waals surface area (Å²) in [4.78, 5) is 17.1. The summed E-state index contributed by atoms with van der Waals surface area (Å²) >= 11 is 0. The average Bonchev–Trinajstić information content (AvgIpc) is 3.05. The van der Waals surface area contributed by atoms with Crippen LogP contribution in [0.15, 0.2) is 48.5 Å². The number of carbonyl (C=O) groups is 1. The molecular weight excluding hydrogens is 296 g/mol. The summed E-state index contributed by atoms with van der Waals surface area (Å²) < 4.78 is 0. The number of nitrogens with zero attached hydrogens (tertiary/aromatic N) is 2. The van der Waals surface area contributed by atoms with E-state index in [4.69, 9.17) is 0 Å². The topological polar surface area (TPSA) is 23.6 Å². The minimum absolute atomic E-state index is 0.213. The Morgan fingerprint density at radius 3 is 2.71 bits per heavy atom. The van der Waals surface area contributed by atoms with Crippen LogP contribution < -0.4 is 4.90 Å². The molecule has 1 aliphatic carbocycles. The molecule has 4 rings (SSSR count). The molecule has 0 spiro atoms. The Morgan fingerprint density at radius 1 is 1.08 bits per heavy atom. The van der Waals surface area contributed by atoms with E-state index >= 15 is 0 Å².